The maximum atomic E-state index is 11.2. The highest BCUT2D eigenvalue weighted by atomic mass is 32.2. The van der Waals surface area contributed by atoms with E-state index in [9.17, 15) is 9.59 Å². The molecule has 0 radical (unpaired) electrons. The molecule has 6 nitrogen and oxygen atoms in total. The molecule has 0 atom stereocenters. The summed E-state index contributed by atoms with van der Waals surface area (Å²) in [6.45, 7) is 4.60. The summed E-state index contributed by atoms with van der Waals surface area (Å²) in [4.78, 5) is 28.8. The monoisotopic (exact) mass is 313 g/mol. The zero-order valence-electron chi connectivity index (χ0n) is 11.1. The maximum absolute atomic E-state index is 11.2. The molecule has 108 valence electrons. The number of nitrogens with one attached hydrogen (secondary N) is 1. The van der Waals surface area contributed by atoms with Crippen LogP contribution in [0.2, 0.25) is 0 Å². The van der Waals surface area contributed by atoms with Gasteiger partial charge in [0.2, 0.25) is 0 Å². The van der Waals surface area contributed by atoms with E-state index >= 15 is 0 Å². The highest BCUT2D eigenvalue weighted by molar-refractivity contribution is 7.99. The zero-order chi connectivity index (χ0) is 14.7. The third kappa shape index (κ3) is 3.51. The number of nitrogens with zero attached hydrogens (tertiary/aromatic N) is 2. The number of thiazole rings is 1. The van der Waals surface area contributed by atoms with Gasteiger partial charge in [0.1, 0.15) is 0 Å². The number of aromatic amines is 1. The summed E-state index contributed by atoms with van der Waals surface area (Å²) >= 11 is 2.30. The van der Waals surface area contributed by atoms with Crippen LogP contribution in [0.5, 0.6) is 0 Å². The van der Waals surface area contributed by atoms with Crippen molar-refractivity contribution in [1.82, 2.24) is 14.5 Å². The second-order valence-corrected chi connectivity index (χ2v) is 6.35. The van der Waals surface area contributed by atoms with E-state index in [2.05, 4.69) is 23.8 Å². The lowest BCUT2D eigenvalue weighted by Crippen LogP contribution is -2.09. The summed E-state index contributed by atoms with van der Waals surface area (Å²) in [5.41, 5.74) is 1.82. The van der Waals surface area contributed by atoms with E-state index < -0.39 is 5.97 Å². The van der Waals surface area contributed by atoms with Gasteiger partial charge in [-0.3, -0.25) is 9.59 Å². The molecule has 2 heterocycles. The molecule has 0 aliphatic heterocycles. The van der Waals surface area contributed by atoms with Gasteiger partial charge in [0.25, 0.3) is 0 Å². The highest BCUT2D eigenvalue weighted by Gasteiger charge is 2.15. The number of rotatable bonds is 6. The molecular weight excluding hydrogens is 298 g/mol. The van der Waals surface area contributed by atoms with Crippen molar-refractivity contribution < 1.29 is 9.90 Å². The fraction of sp³-hybridized carbons (Fsp3) is 0.417. The Balaban J connectivity index is 2.28. The van der Waals surface area contributed by atoms with Crippen molar-refractivity contribution >= 4 is 29.1 Å². The predicted octanol–water partition coefficient (Wildman–Crippen LogP) is 1.98. The van der Waals surface area contributed by atoms with Crippen LogP contribution >= 0.6 is 23.1 Å². The van der Waals surface area contributed by atoms with Gasteiger partial charge in [-0.15, -0.1) is 0 Å². The Morgan fingerprint density at radius 2 is 2.35 bits per heavy atom. The Morgan fingerprint density at radius 3 is 2.90 bits per heavy atom. The van der Waals surface area contributed by atoms with Crippen LogP contribution in [0.4, 0.5) is 0 Å². The molecule has 20 heavy (non-hydrogen) atoms. The molecule has 2 aromatic heterocycles. The van der Waals surface area contributed by atoms with Gasteiger partial charge in [-0.2, -0.15) is 0 Å². The number of hydrogen-bond donors (Lipinski definition) is 2. The standard InChI is InChI=1S/C12H15N3O3S2/c1-7(2)9-3-13-11(19-6-10(16)17)15(9)4-8-5-20-12(18)14-8/h3,5,7H,4,6H2,1-2H3,(H,14,18)(H,16,17). The number of thioether (sulfide) groups is 1. The minimum absolute atomic E-state index is 0.0330. The number of imidazole rings is 1. The molecule has 2 N–H and O–H groups in total. The average molecular weight is 313 g/mol. The summed E-state index contributed by atoms with van der Waals surface area (Å²) < 4.78 is 1.95. The van der Waals surface area contributed by atoms with Gasteiger partial charge < -0.3 is 14.7 Å². The summed E-state index contributed by atoms with van der Waals surface area (Å²) in [7, 11) is 0. The van der Waals surface area contributed by atoms with Crippen molar-refractivity contribution in [3.05, 3.63) is 32.6 Å². The predicted molar refractivity (Wildman–Crippen MR) is 78.7 cm³/mol. The molecule has 8 heteroatoms. The van der Waals surface area contributed by atoms with Crippen LogP contribution in [0.25, 0.3) is 0 Å². The Morgan fingerprint density at radius 1 is 1.60 bits per heavy atom. The topological polar surface area (TPSA) is 88.0 Å². The quantitative estimate of drug-likeness (QED) is 0.796. The number of carbonyl (C=O) groups is 1. The van der Waals surface area contributed by atoms with Crippen molar-refractivity contribution in [2.45, 2.75) is 31.5 Å². The lowest BCUT2D eigenvalue weighted by atomic mass is 10.1. The zero-order valence-corrected chi connectivity index (χ0v) is 12.8. The molecule has 0 saturated carbocycles. The SMILES string of the molecule is CC(C)c1cnc(SCC(=O)O)n1Cc1csc(=O)[nH]1. The first-order valence-corrected chi connectivity index (χ1v) is 7.90. The number of carboxylic acid groups (broad SMARTS) is 1. The molecule has 0 spiro atoms. The largest absolute Gasteiger partial charge is 0.481 e. The molecule has 0 aliphatic rings. The van der Waals surface area contributed by atoms with Crippen molar-refractivity contribution in [1.29, 1.82) is 0 Å². The van der Waals surface area contributed by atoms with Crippen LogP contribution in [0.3, 0.4) is 0 Å². The molecule has 2 rings (SSSR count). The number of aliphatic carboxylic acids is 1. The molecule has 0 unspecified atom stereocenters. The van der Waals surface area contributed by atoms with Crippen molar-refractivity contribution in [2.75, 3.05) is 5.75 Å². The lowest BCUT2D eigenvalue weighted by molar-refractivity contribution is -0.133. The molecular formula is C12H15N3O3S2. The number of hydrogen-bond acceptors (Lipinski definition) is 5. The van der Waals surface area contributed by atoms with E-state index in [0.717, 1.165) is 22.7 Å². The molecule has 0 bridgehead atoms. The van der Waals surface area contributed by atoms with Crippen molar-refractivity contribution in [3.8, 4) is 0 Å². The molecule has 0 saturated heterocycles. The molecule has 0 fully saturated rings. The second-order valence-electron chi connectivity index (χ2n) is 4.56. The molecule has 0 aromatic carbocycles. The summed E-state index contributed by atoms with van der Waals surface area (Å²) in [6.07, 6.45) is 1.76. The molecule has 2 aromatic rings. The fourth-order valence-electron chi connectivity index (χ4n) is 1.79. The van der Waals surface area contributed by atoms with Gasteiger partial charge in [-0.25, -0.2) is 4.98 Å². The summed E-state index contributed by atoms with van der Waals surface area (Å²) in [5.74, 6) is -0.638. The average Bonchev–Trinajstić information content (AvgIpc) is 2.94. The van der Waals surface area contributed by atoms with E-state index in [1.54, 1.807) is 11.6 Å². The van der Waals surface area contributed by atoms with Crippen molar-refractivity contribution in [3.63, 3.8) is 0 Å². The lowest BCUT2D eigenvalue weighted by Gasteiger charge is -2.12. The summed E-state index contributed by atoms with van der Waals surface area (Å²) in [6, 6.07) is 0. The van der Waals surface area contributed by atoms with Crippen LogP contribution in [-0.2, 0) is 11.3 Å². The van der Waals surface area contributed by atoms with Gasteiger partial charge in [0, 0.05) is 23.0 Å². The Bertz CT molecular complexity index is 657. The van der Waals surface area contributed by atoms with Crippen LogP contribution in [0, 0.1) is 0 Å². The van der Waals surface area contributed by atoms with Crippen LogP contribution in [0.1, 0.15) is 31.2 Å². The van der Waals surface area contributed by atoms with Crippen LogP contribution in [-0.4, -0.2) is 31.4 Å². The van der Waals surface area contributed by atoms with Gasteiger partial charge in [-0.1, -0.05) is 36.9 Å². The van der Waals surface area contributed by atoms with Crippen molar-refractivity contribution in [2.24, 2.45) is 0 Å². The van der Waals surface area contributed by atoms with E-state index in [1.165, 1.54) is 11.8 Å². The minimum atomic E-state index is -0.875. The van der Waals surface area contributed by atoms with Gasteiger partial charge >= 0.3 is 10.8 Å². The first-order valence-electron chi connectivity index (χ1n) is 6.04. The Hall–Kier alpha value is -1.54. The fourth-order valence-corrected chi connectivity index (χ4v) is 3.07. The van der Waals surface area contributed by atoms with Gasteiger partial charge in [-0.05, 0) is 5.92 Å². The number of H-pyrrole nitrogens is 1. The van der Waals surface area contributed by atoms with E-state index in [-0.39, 0.29) is 16.5 Å². The van der Waals surface area contributed by atoms with E-state index in [1.807, 2.05) is 4.57 Å². The molecule has 0 amide bonds. The number of aromatic nitrogens is 3. The first-order chi connectivity index (χ1) is 9.47. The Kier molecular flexibility index (Phi) is 4.66. The minimum Gasteiger partial charge on any atom is -0.481 e. The Labute approximate surface area is 123 Å². The van der Waals surface area contributed by atoms with Crippen LogP contribution < -0.4 is 4.87 Å². The highest BCUT2D eigenvalue weighted by Crippen LogP contribution is 2.24. The third-order valence-electron chi connectivity index (χ3n) is 2.67. The van der Waals surface area contributed by atoms with E-state index in [0.29, 0.717) is 11.7 Å². The van der Waals surface area contributed by atoms with Gasteiger partial charge in [0.15, 0.2) is 5.16 Å². The number of carboxylic acids is 1. The molecule has 0 aliphatic carbocycles. The second kappa shape index (κ2) is 6.27. The maximum Gasteiger partial charge on any atom is 0.313 e. The normalized spacial score (nSPS) is 11.2. The van der Waals surface area contributed by atoms with Gasteiger partial charge in [0.05, 0.1) is 12.3 Å². The van der Waals surface area contributed by atoms with E-state index in [4.69, 9.17) is 5.11 Å². The third-order valence-corrected chi connectivity index (χ3v) is 4.36. The first kappa shape index (κ1) is 14.9. The van der Waals surface area contributed by atoms with Crippen LogP contribution in [0.15, 0.2) is 21.5 Å². The smallest absolute Gasteiger partial charge is 0.313 e. The summed E-state index contributed by atoms with van der Waals surface area (Å²) in [5, 5.41) is 11.2.